The van der Waals surface area contributed by atoms with E-state index in [4.69, 9.17) is 5.73 Å². The Kier molecular flexibility index (Phi) is 3.09. The third-order valence-electron chi connectivity index (χ3n) is 2.94. The molecule has 2 aromatic carbocycles. The number of halogens is 1. The molecule has 0 unspecified atom stereocenters. The minimum atomic E-state index is 0.634. The second kappa shape index (κ2) is 4.90. The van der Waals surface area contributed by atoms with Gasteiger partial charge in [-0.25, -0.2) is 0 Å². The number of nitrogen functional groups attached to an aromatic ring is 1. The lowest BCUT2D eigenvalue weighted by atomic mass is 10.1. The van der Waals surface area contributed by atoms with Crippen LogP contribution in [0.25, 0.3) is 10.9 Å². The summed E-state index contributed by atoms with van der Waals surface area (Å²) in [6, 6.07) is 15.9. The van der Waals surface area contributed by atoms with Gasteiger partial charge in [0.05, 0.1) is 28.8 Å². The molecule has 0 aliphatic heterocycles. The van der Waals surface area contributed by atoms with Crippen LogP contribution in [0.2, 0.25) is 0 Å². The summed E-state index contributed by atoms with van der Waals surface area (Å²) in [7, 11) is 0. The first-order valence-electron chi connectivity index (χ1n) is 5.90. The van der Waals surface area contributed by atoms with E-state index in [0.717, 1.165) is 26.8 Å². The van der Waals surface area contributed by atoms with Gasteiger partial charge in [-0.15, -0.1) is 0 Å². The van der Waals surface area contributed by atoms with Gasteiger partial charge < -0.3 is 11.1 Å². The molecule has 0 radical (unpaired) electrons. The first-order chi connectivity index (χ1) is 9.25. The average molecular weight is 314 g/mol. The van der Waals surface area contributed by atoms with Gasteiger partial charge in [-0.2, -0.15) is 0 Å². The van der Waals surface area contributed by atoms with Gasteiger partial charge in [0.1, 0.15) is 0 Å². The van der Waals surface area contributed by atoms with Crippen molar-refractivity contribution in [2.24, 2.45) is 0 Å². The van der Waals surface area contributed by atoms with E-state index >= 15 is 0 Å². The smallest absolute Gasteiger partial charge is 0.0746 e. The molecule has 0 aliphatic carbocycles. The highest BCUT2D eigenvalue weighted by Crippen LogP contribution is 2.33. The summed E-state index contributed by atoms with van der Waals surface area (Å²) < 4.78 is 0.996. The van der Waals surface area contributed by atoms with Crippen LogP contribution in [0.3, 0.4) is 0 Å². The summed E-state index contributed by atoms with van der Waals surface area (Å²) in [5.74, 6) is 0. The van der Waals surface area contributed by atoms with Gasteiger partial charge in [-0.1, -0.05) is 30.3 Å². The number of anilines is 3. The summed E-state index contributed by atoms with van der Waals surface area (Å²) in [6.45, 7) is 0. The summed E-state index contributed by atoms with van der Waals surface area (Å²) in [5, 5.41) is 4.38. The Morgan fingerprint density at radius 1 is 1.00 bits per heavy atom. The van der Waals surface area contributed by atoms with Crippen LogP contribution >= 0.6 is 15.9 Å². The third-order valence-corrected chi connectivity index (χ3v) is 3.63. The predicted octanol–water partition coefficient (Wildman–Crippen LogP) is 4.32. The number of rotatable bonds is 2. The van der Waals surface area contributed by atoms with Crippen molar-refractivity contribution in [3.63, 3.8) is 0 Å². The van der Waals surface area contributed by atoms with Gasteiger partial charge >= 0.3 is 0 Å². The number of nitrogens with one attached hydrogen (secondary N) is 1. The lowest BCUT2D eigenvalue weighted by Gasteiger charge is -2.13. The first kappa shape index (κ1) is 12.0. The van der Waals surface area contributed by atoms with Gasteiger partial charge in [0.15, 0.2) is 0 Å². The molecule has 1 aromatic heterocycles. The molecule has 0 spiro atoms. The van der Waals surface area contributed by atoms with Gasteiger partial charge in [0, 0.05) is 9.86 Å². The molecule has 0 amide bonds. The SMILES string of the molecule is Nc1cnc2ccccc2c1Nc1ccccc1Br. The van der Waals surface area contributed by atoms with E-state index in [0.29, 0.717) is 5.69 Å². The number of benzene rings is 2. The molecule has 3 rings (SSSR count). The number of pyridine rings is 1. The fourth-order valence-electron chi connectivity index (χ4n) is 1.99. The molecular weight excluding hydrogens is 302 g/mol. The predicted molar refractivity (Wildman–Crippen MR) is 83.6 cm³/mol. The molecular formula is C15H12BrN3. The van der Waals surface area contributed by atoms with Gasteiger partial charge in [-0.05, 0) is 34.1 Å². The Morgan fingerprint density at radius 3 is 2.58 bits per heavy atom. The minimum absolute atomic E-state index is 0.634. The van der Waals surface area contributed by atoms with Gasteiger partial charge in [0.25, 0.3) is 0 Å². The molecule has 0 saturated heterocycles. The Morgan fingerprint density at radius 2 is 1.74 bits per heavy atom. The molecule has 0 aliphatic rings. The molecule has 3 N–H and O–H groups in total. The number of hydrogen-bond acceptors (Lipinski definition) is 3. The number of fused-ring (bicyclic) bond motifs is 1. The van der Waals surface area contributed by atoms with Crippen LogP contribution in [0.4, 0.5) is 17.1 Å². The molecule has 0 atom stereocenters. The molecule has 3 aromatic rings. The Labute approximate surface area is 119 Å². The van der Waals surface area contributed by atoms with Crippen LogP contribution in [0.15, 0.2) is 59.2 Å². The third kappa shape index (κ3) is 2.27. The largest absolute Gasteiger partial charge is 0.396 e. The maximum Gasteiger partial charge on any atom is 0.0746 e. The summed E-state index contributed by atoms with van der Waals surface area (Å²) >= 11 is 3.52. The lowest BCUT2D eigenvalue weighted by molar-refractivity contribution is 1.40. The van der Waals surface area contributed by atoms with Crippen LogP contribution in [0.5, 0.6) is 0 Å². The van der Waals surface area contributed by atoms with Crippen molar-refractivity contribution in [2.75, 3.05) is 11.1 Å². The summed E-state index contributed by atoms with van der Waals surface area (Å²) in [6.07, 6.45) is 1.68. The van der Waals surface area contributed by atoms with E-state index in [9.17, 15) is 0 Å². The average Bonchev–Trinajstić information content (AvgIpc) is 2.44. The fourth-order valence-corrected chi connectivity index (χ4v) is 2.38. The quantitative estimate of drug-likeness (QED) is 0.740. The molecule has 0 saturated carbocycles. The monoisotopic (exact) mass is 313 g/mol. The van der Waals surface area contributed by atoms with E-state index in [2.05, 4.69) is 26.2 Å². The molecule has 0 bridgehead atoms. The highest BCUT2D eigenvalue weighted by molar-refractivity contribution is 9.10. The van der Waals surface area contributed by atoms with Crippen LogP contribution < -0.4 is 11.1 Å². The topological polar surface area (TPSA) is 50.9 Å². The van der Waals surface area contributed by atoms with Crippen molar-refractivity contribution < 1.29 is 0 Å². The Balaban J connectivity index is 2.15. The zero-order chi connectivity index (χ0) is 13.2. The molecule has 0 fully saturated rings. The van der Waals surface area contributed by atoms with Crippen molar-refractivity contribution in [3.05, 3.63) is 59.2 Å². The molecule has 1 heterocycles. The van der Waals surface area contributed by atoms with Crippen molar-refractivity contribution >= 4 is 43.9 Å². The molecule has 94 valence electrons. The zero-order valence-electron chi connectivity index (χ0n) is 10.1. The minimum Gasteiger partial charge on any atom is -0.396 e. The highest BCUT2D eigenvalue weighted by Gasteiger charge is 2.07. The Bertz CT molecular complexity index is 740. The van der Waals surface area contributed by atoms with E-state index in [1.165, 1.54) is 0 Å². The van der Waals surface area contributed by atoms with Crippen LogP contribution in [0, 0.1) is 0 Å². The maximum absolute atomic E-state index is 6.04. The van der Waals surface area contributed by atoms with Crippen LogP contribution in [-0.4, -0.2) is 4.98 Å². The lowest BCUT2D eigenvalue weighted by Crippen LogP contribution is -1.99. The van der Waals surface area contributed by atoms with Crippen molar-refractivity contribution in [1.82, 2.24) is 4.98 Å². The van der Waals surface area contributed by atoms with E-state index in [1.807, 2.05) is 48.5 Å². The second-order valence-corrected chi connectivity index (χ2v) is 5.06. The number of aromatic nitrogens is 1. The maximum atomic E-state index is 6.04. The first-order valence-corrected chi connectivity index (χ1v) is 6.70. The second-order valence-electron chi connectivity index (χ2n) is 4.21. The highest BCUT2D eigenvalue weighted by atomic mass is 79.9. The molecule has 3 nitrogen and oxygen atoms in total. The number of nitrogens with zero attached hydrogens (tertiary/aromatic N) is 1. The number of para-hydroxylation sites is 2. The van der Waals surface area contributed by atoms with Crippen molar-refractivity contribution in [2.45, 2.75) is 0 Å². The standard InChI is InChI=1S/C15H12BrN3/c16-11-6-2-4-8-14(11)19-15-10-5-1-3-7-13(10)18-9-12(15)17/h1-9H,17H2,(H,18,19). The summed E-state index contributed by atoms with van der Waals surface area (Å²) in [4.78, 5) is 4.33. The van der Waals surface area contributed by atoms with Gasteiger partial charge in [-0.3, -0.25) is 4.98 Å². The summed E-state index contributed by atoms with van der Waals surface area (Å²) in [5.41, 5.74) is 9.46. The van der Waals surface area contributed by atoms with Crippen molar-refractivity contribution in [3.8, 4) is 0 Å². The van der Waals surface area contributed by atoms with Crippen molar-refractivity contribution in [1.29, 1.82) is 0 Å². The molecule has 19 heavy (non-hydrogen) atoms. The Hall–Kier alpha value is -2.07. The normalized spacial score (nSPS) is 10.6. The fraction of sp³-hybridized carbons (Fsp3) is 0. The zero-order valence-corrected chi connectivity index (χ0v) is 11.7. The van der Waals surface area contributed by atoms with E-state index in [-0.39, 0.29) is 0 Å². The van der Waals surface area contributed by atoms with E-state index in [1.54, 1.807) is 6.20 Å². The van der Waals surface area contributed by atoms with Gasteiger partial charge in [0.2, 0.25) is 0 Å². The van der Waals surface area contributed by atoms with E-state index < -0.39 is 0 Å². The molecule has 4 heteroatoms. The number of nitrogens with two attached hydrogens (primary N) is 1. The van der Waals surface area contributed by atoms with Crippen LogP contribution in [-0.2, 0) is 0 Å². The number of hydrogen-bond donors (Lipinski definition) is 2. The van der Waals surface area contributed by atoms with Crippen LogP contribution in [0.1, 0.15) is 0 Å².